The van der Waals surface area contributed by atoms with Gasteiger partial charge in [0.15, 0.2) is 5.65 Å². The average Bonchev–Trinajstić information content (AvgIpc) is 3.46. The summed E-state index contributed by atoms with van der Waals surface area (Å²) in [6.07, 6.45) is -1.47. The van der Waals surface area contributed by atoms with Gasteiger partial charge in [0.05, 0.1) is 19.0 Å². The van der Waals surface area contributed by atoms with Crippen molar-refractivity contribution in [1.29, 1.82) is 0 Å². The van der Waals surface area contributed by atoms with E-state index in [4.69, 9.17) is 9.26 Å². The van der Waals surface area contributed by atoms with Crippen LogP contribution in [0.3, 0.4) is 0 Å². The van der Waals surface area contributed by atoms with Crippen LogP contribution in [0.2, 0.25) is 0 Å². The van der Waals surface area contributed by atoms with Crippen molar-refractivity contribution in [2.24, 2.45) is 0 Å². The van der Waals surface area contributed by atoms with E-state index in [0.29, 0.717) is 16.9 Å². The van der Waals surface area contributed by atoms with Gasteiger partial charge in [-0.05, 0) is 42.5 Å². The topological polar surface area (TPSA) is 78.3 Å². The van der Waals surface area contributed by atoms with Crippen LogP contribution in [0.1, 0.15) is 12.1 Å². The van der Waals surface area contributed by atoms with Crippen LogP contribution in [0.15, 0.2) is 65.3 Å². The molecule has 0 atom stereocenters. The minimum absolute atomic E-state index is 0.0456. The van der Waals surface area contributed by atoms with Crippen LogP contribution < -0.4 is 4.74 Å². The van der Waals surface area contributed by atoms with Crippen LogP contribution in [0, 0.1) is 5.82 Å². The Kier molecular flexibility index (Phi) is 4.81. The largest absolute Gasteiger partial charge is 0.496 e. The predicted molar refractivity (Wildman–Crippen MR) is 109 cm³/mol. The number of rotatable bonds is 5. The Morgan fingerprint density at radius 1 is 1.00 bits per heavy atom. The first-order valence-electron chi connectivity index (χ1n) is 9.45. The van der Waals surface area contributed by atoms with E-state index in [-0.39, 0.29) is 34.3 Å². The zero-order valence-electron chi connectivity index (χ0n) is 16.5. The van der Waals surface area contributed by atoms with E-state index in [1.165, 1.54) is 43.6 Å². The van der Waals surface area contributed by atoms with Crippen molar-refractivity contribution < 1.29 is 22.4 Å². The molecular weight excluding hydrogens is 423 g/mol. The van der Waals surface area contributed by atoms with Gasteiger partial charge in [0.1, 0.15) is 22.8 Å². The van der Waals surface area contributed by atoms with E-state index in [9.17, 15) is 13.2 Å². The van der Waals surface area contributed by atoms with Crippen molar-refractivity contribution in [3.05, 3.63) is 72.3 Å². The lowest BCUT2D eigenvalue weighted by atomic mass is 10.1. The number of fused-ring (bicyclic) bond motifs is 1. The molecule has 10 heteroatoms. The monoisotopic (exact) mass is 437 g/mol. The fourth-order valence-electron chi connectivity index (χ4n) is 3.34. The van der Waals surface area contributed by atoms with Crippen molar-refractivity contribution in [3.63, 3.8) is 0 Å². The van der Waals surface area contributed by atoms with E-state index >= 15 is 0 Å². The van der Waals surface area contributed by atoms with Crippen molar-refractivity contribution in [3.8, 4) is 39.8 Å². The summed E-state index contributed by atoms with van der Waals surface area (Å²) in [5.41, 5.74) is 1.42. The van der Waals surface area contributed by atoms with Crippen LogP contribution >= 0.6 is 0 Å². The van der Waals surface area contributed by atoms with Crippen LogP contribution in [0.5, 0.6) is 5.75 Å². The number of hydrogen-bond acceptors (Lipinski definition) is 6. The summed E-state index contributed by atoms with van der Waals surface area (Å²) in [5.74, 6) is 0.355. The highest BCUT2D eigenvalue weighted by Crippen LogP contribution is 2.34. The molecular formula is C22H14F3N5O2. The molecule has 0 aliphatic heterocycles. The molecule has 0 saturated heterocycles. The lowest BCUT2D eigenvalue weighted by molar-refractivity contribution is 0.143. The molecule has 0 fully saturated rings. The van der Waals surface area contributed by atoms with Gasteiger partial charge in [0.25, 0.3) is 12.3 Å². The maximum absolute atomic E-state index is 13.8. The smallest absolute Gasteiger partial charge is 0.280 e. The molecule has 7 nitrogen and oxygen atoms in total. The minimum atomic E-state index is -2.81. The second-order valence-corrected chi connectivity index (χ2v) is 6.79. The molecule has 3 heterocycles. The normalized spacial score (nSPS) is 11.4. The van der Waals surface area contributed by atoms with E-state index in [1.54, 1.807) is 24.3 Å². The van der Waals surface area contributed by atoms with Crippen LogP contribution in [0.25, 0.3) is 39.7 Å². The second-order valence-electron chi connectivity index (χ2n) is 6.79. The maximum Gasteiger partial charge on any atom is 0.280 e. The molecule has 0 amide bonds. The molecule has 32 heavy (non-hydrogen) atoms. The van der Waals surface area contributed by atoms with Gasteiger partial charge in [0.2, 0.25) is 5.82 Å². The van der Waals surface area contributed by atoms with Crippen molar-refractivity contribution in [2.45, 2.75) is 6.43 Å². The lowest BCUT2D eigenvalue weighted by Gasteiger charge is -2.10. The average molecular weight is 437 g/mol. The summed E-state index contributed by atoms with van der Waals surface area (Å²) in [6.45, 7) is 0. The highest BCUT2D eigenvalue weighted by Gasteiger charge is 2.23. The van der Waals surface area contributed by atoms with Gasteiger partial charge >= 0.3 is 0 Å². The quantitative estimate of drug-likeness (QED) is 0.376. The third-order valence-electron chi connectivity index (χ3n) is 4.86. The molecule has 0 aliphatic carbocycles. The van der Waals surface area contributed by atoms with Crippen molar-refractivity contribution >= 4 is 5.65 Å². The molecule has 0 N–H and O–H groups in total. The molecule has 0 radical (unpaired) electrons. The summed E-state index contributed by atoms with van der Waals surface area (Å²) in [7, 11) is 1.49. The van der Waals surface area contributed by atoms with Crippen molar-refractivity contribution in [2.75, 3.05) is 7.11 Å². The Morgan fingerprint density at radius 3 is 2.53 bits per heavy atom. The van der Waals surface area contributed by atoms with Crippen LogP contribution in [0.4, 0.5) is 13.2 Å². The number of para-hydroxylation sites is 1. The fourth-order valence-corrected chi connectivity index (χ4v) is 3.34. The predicted octanol–water partition coefficient (Wildman–Crippen LogP) is 5.20. The van der Waals surface area contributed by atoms with Gasteiger partial charge in [-0.2, -0.15) is 10.1 Å². The minimum Gasteiger partial charge on any atom is -0.496 e. The SMILES string of the molecule is COc1ccccc1-c1cc(C(F)F)n2ncc(-c3nc(-c4ccc(F)cc4)no3)c2n1. The molecule has 5 aromatic rings. The summed E-state index contributed by atoms with van der Waals surface area (Å²) in [5, 5.41) is 7.96. The number of methoxy groups -OCH3 is 1. The molecule has 3 aromatic heterocycles. The standard InChI is InChI=1S/C22H14F3N5O2/c1-31-18-5-3-2-4-14(18)16-10-17(19(24)25)30-21(27-16)15(11-26-30)22-28-20(29-32-22)12-6-8-13(23)9-7-12/h2-11,19H,1H3. The molecule has 0 aliphatic rings. The van der Waals surface area contributed by atoms with Crippen LogP contribution in [-0.4, -0.2) is 31.8 Å². The maximum atomic E-state index is 13.8. The Labute approximate surface area is 179 Å². The van der Waals surface area contributed by atoms with E-state index in [1.807, 2.05) is 0 Å². The fraction of sp³-hybridized carbons (Fsp3) is 0.0909. The summed E-state index contributed by atoms with van der Waals surface area (Å²) < 4.78 is 52.6. The Balaban J connectivity index is 1.67. The highest BCUT2D eigenvalue weighted by molar-refractivity contribution is 5.76. The number of benzene rings is 2. The lowest BCUT2D eigenvalue weighted by Crippen LogP contribution is -2.03. The molecule has 0 unspecified atom stereocenters. The molecule has 160 valence electrons. The zero-order valence-corrected chi connectivity index (χ0v) is 16.5. The summed E-state index contributed by atoms with van der Waals surface area (Å²) in [4.78, 5) is 8.84. The van der Waals surface area contributed by atoms with Crippen LogP contribution in [-0.2, 0) is 0 Å². The number of nitrogens with zero attached hydrogens (tertiary/aromatic N) is 5. The van der Waals surface area contributed by atoms with Gasteiger partial charge in [-0.25, -0.2) is 22.7 Å². The third kappa shape index (κ3) is 3.35. The number of aromatic nitrogens is 5. The van der Waals surface area contributed by atoms with Crippen molar-refractivity contribution in [1.82, 2.24) is 24.7 Å². The molecule has 0 saturated carbocycles. The third-order valence-corrected chi connectivity index (χ3v) is 4.86. The van der Waals surface area contributed by atoms with E-state index in [2.05, 4.69) is 20.2 Å². The van der Waals surface area contributed by atoms with Gasteiger partial charge in [-0.3, -0.25) is 0 Å². The van der Waals surface area contributed by atoms with Gasteiger partial charge in [-0.15, -0.1) is 0 Å². The summed E-state index contributed by atoms with van der Waals surface area (Å²) >= 11 is 0. The second kappa shape index (κ2) is 7.80. The first-order valence-corrected chi connectivity index (χ1v) is 9.45. The first-order chi connectivity index (χ1) is 15.5. The number of ether oxygens (including phenoxy) is 1. The van der Waals surface area contributed by atoms with E-state index in [0.717, 1.165) is 4.52 Å². The van der Waals surface area contributed by atoms with Gasteiger partial charge in [0, 0.05) is 11.1 Å². The zero-order chi connectivity index (χ0) is 22.2. The number of hydrogen-bond donors (Lipinski definition) is 0. The molecule has 0 bridgehead atoms. The number of halogens is 3. The highest BCUT2D eigenvalue weighted by atomic mass is 19.3. The summed E-state index contributed by atoms with van der Waals surface area (Å²) in [6, 6.07) is 13.8. The van der Waals surface area contributed by atoms with Gasteiger partial charge in [-0.1, -0.05) is 17.3 Å². The molecule has 0 spiro atoms. The Morgan fingerprint density at radius 2 is 1.78 bits per heavy atom. The Bertz CT molecular complexity index is 1410. The Hall–Kier alpha value is -4.21. The first kappa shape index (κ1) is 19.7. The molecule has 5 rings (SSSR count). The number of alkyl halides is 2. The van der Waals surface area contributed by atoms with Gasteiger partial charge < -0.3 is 9.26 Å². The molecule has 2 aromatic carbocycles. The van der Waals surface area contributed by atoms with E-state index < -0.39 is 12.2 Å².